The number of anilines is 3. The van der Waals surface area contributed by atoms with Gasteiger partial charge in [-0.3, -0.25) is 0 Å². The second-order valence-electron chi connectivity index (χ2n) is 13.8. The lowest BCUT2D eigenvalue weighted by Gasteiger charge is -2.26. The van der Waals surface area contributed by atoms with Crippen LogP contribution in [0.3, 0.4) is 0 Å². The summed E-state index contributed by atoms with van der Waals surface area (Å²) in [6.07, 6.45) is 0. The van der Waals surface area contributed by atoms with Crippen LogP contribution in [0.15, 0.2) is 217 Å². The van der Waals surface area contributed by atoms with Crippen LogP contribution < -0.4 is 4.90 Å². The summed E-state index contributed by atoms with van der Waals surface area (Å²) in [6.45, 7) is 0. The van der Waals surface area contributed by atoms with Gasteiger partial charge >= 0.3 is 0 Å². The Bertz CT molecular complexity index is 3670. The number of rotatable bonds is 6. The van der Waals surface area contributed by atoms with Crippen molar-refractivity contribution in [2.75, 3.05) is 4.90 Å². The smallest absolute Gasteiger partial charge is 0.137 e. The summed E-state index contributed by atoms with van der Waals surface area (Å²) >= 11 is 0. The van der Waals surface area contributed by atoms with Crippen molar-refractivity contribution in [2.24, 2.45) is 0 Å². The van der Waals surface area contributed by atoms with Crippen LogP contribution in [0.4, 0.5) is 17.1 Å². The fourth-order valence-electron chi connectivity index (χ4n) is 7.97. The molecule has 0 saturated carbocycles. The molecule has 0 aliphatic carbocycles. The van der Waals surface area contributed by atoms with Crippen LogP contribution in [0.2, 0.25) is 0 Å². The highest BCUT2D eigenvalue weighted by molar-refractivity contribution is 6.14. The van der Waals surface area contributed by atoms with Crippen LogP contribution in [-0.4, -0.2) is 0 Å². The third kappa shape index (κ3) is 5.34. The molecule has 10 aromatic carbocycles. The Hall–Kier alpha value is -7.42. The second kappa shape index (κ2) is 13.2. The normalized spacial score (nSPS) is 13.6. The molecule has 11 aromatic rings. The predicted molar refractivity (Wildman–Crippen MR) is 237 cm³/mol. The molecular formula is C54H35NO. The lowest BCUT2D eigenvalue weighted by Crippen LogP contribution is -2.10. The molecule has 262 valence electrons. The number of nitrogens with zero attached hydrogens (tertiary/aromatic N) is 1. The monoisotopic (exact) mass is 721 g/mol. The van der Waals surface area contributed by atoms with Crippen molar-refractivity contribution in [1.82, 2.24) is 0 Å². The molecular weight excluding hydrogens is 679 g/mol. The van der Waals surface area contributed by atoms with Gasteiger partial charge in [-0.1, -0.05) is 170 Å². The first-order valence-corrected chi connectivity index (χ1v) is 18.5. The standard InChI is InChI=1S/C54H35NO/c1-3-13-44-38(10-1)12-7-16-45(44)40-24-22-36(23-25-40)37-26-31-42(32-27-37)55(51-19-9-21-53-54(51)50-15-5-6-20-52(50)56-53)43-33-28-41(29-34-43)47-17-8-18-48-46-14-4-2-11-39(46)30-35-49(47)48/h1-35H/i22D,23D,24D,25D,26D,27D,31D,32D. The molecule has 0 atom stereocenters. The van der Waals surface area contributed by atoms with Gasteiger partial charge in [-0.25, -0.2) is 0 Å². The van der Waals surface area contributed by atoms with E-state index in [2.05, 4.69) is 42.5 Å². The van der Waals surface area contributed by atoms with E-state index < -0.39 is 36.3 Å². The Morgan fingerprint density at radius 3 is 1.68 bits per heavy atom. The van der Waals surface area contributed by atoms with Crippen molar-refractivity contribution in [3.05, 3.63) is 212 Å². The van der Waals surface area contributed by atoms with Crippen molar-refractivity contribution in [2.45, 2.75) is 0 Å². The molecule has 0 aliphatic rings. The molecule has 0 spiro atoms. The average molecular weight is 722 g/mol. The highest BCUT2D eigenvalue weighted by atomic mass is 16.3. The van der Waals surface area contributed by atoms with Gasteiger partial charge in [-0.05, 0) is 108 Å². The Kier molecular flexibility index (Phi) is 5.83. The molecule has 0 aliphatic heterocycles. The molecule has 0 unspecified atom stereocenters. The number of hydrogen-bond acceptors (Lipinski definition) is 2. The van der Waals surface area contributed by atoms with Crippen LogP contribution in [0, 0.1) is 0 Å². The zero-order valence-electron chi connectivity index (χ0n) is 37.9. The van der Waals surface area contributed by atoms with E-state index in [-0.39, 0.29) is 34.5 Å². The number of benzene rings is 10. The van der Waals surface area contributed by atoms with Crippen molar-refractivity contribution in [1.29, 1.82) is 0 Å². The van der Waals surface area contributed by atoms with Crippen LogP contribution in [-0.2, 0) is 0 Å². The average Bonchev–Trinajstić information content (AvgIpc) is 3.72. The van der Waals surface area contributed by atoms with E-state index in [1.807, 2.05) is 109 Å². The molecule has 56 heavy (non-hydrogen) atoms. The van der Waals surface area contributed by atoms with Gasteiger partial charge in [0, 0.05) is 16.8 Å². The Balaban J connectivity index is 1.12. The van der Waals surface area contributed by atoms with Crippen molar-refractivity contribution in [3.63, 3.8) is 0 Å². The molecule has 0 N–H and O–H groups in total. The zero-order valence-corrected chi connectivity index (χ0v) is 29.9. The molecule has 1 aromatic heterocycles. The summed E-state index contributed by atoms with van der Waals surface area (Å²) < 4.78 is 81.5. The second-order valence-corrected chi connectivity index (χ2v) is 13.8. The van der Waals surface area contributed by atoms with E-state index in [9.17, 15) is 11.0 Å². The minimum absolute atomic E-state index is 0.0523. The largest absolute Gasteiger partial charge is 0.456 e. The predicted octanol–water partition coefficient (Wildman–Crippen LogP) is 15.5. The summed E-state index contributed by atoms with van der Waals surface area (Å²) in [7, 11) is 0. The summed E-state index contributed by atoms with van der Waals surface area (Å²) in [4.78, 5) is 1.72. The zero-order chi connectivity index (χ0) is 44.0. The lowest BCUT2D eigenvalue weighted by molar-refractivity contribution is 0.669. The van der Waals surface area contributed by atoms with Gasteiger partial charge in [0.2, 0.25) is 0 Å². The lowest BCUT2D eigenvalue weighted by atomic mass is 9.94. The number of para-hydroxylation sites is 1. The number of fused-ring (bicyclic) bond motifs is 7. The van der Waals surface area contributed by atoms with E-state index >= 15 is 0 Å². The molecule has 2 nitrogen and oxygen atoms in total. The first-order valence-electron chi connectivity index (χ1n) is 22.5. The maximum absolute atomic E-state index is 9.66. The van der Waals surface area contributed by atoms with E-state index in [1.165, 1.54) is 0 Å². The van der Waals surface area contributed by atoms with E-state index in [0.717, 1.165) is 48.8 Å². The molecule has 11 rings (SSSR count). The Morgan fingerprint density at radius 2 is 0.893 bits per heavy atom. The quantitative estimate of drug-likeness (QED) is 0.159. The fraction of sp³-hybridized carbons (Fsp3) is 0. The molecule has 1 heterocycles. The van der Waals surface area contributed by atoms with Gasteiger partial charge in [0.1, 0.15) is 11.2 Å². The molecule has 0 saturated heterocycles. The van der Waals surface area contributed by atoms with Crippen molar-refractivity contribution < 1.29 is 15.4 Å². The van der Waals surface area contributed by atoms with E-state index in [1.54, 1.807) is 17.0 Å². The summed E-state index contributed by atoms with van der Waals surface area (Å²) in [5, 5.41) is 7.69. The molecule has 2 heteroatoms. The van der Waals surface area contributed by atoms with Gasteiger partial charge in [-0.2, -0.15) is 0 Å². The van der Waals surface area contributed by atoms with Gasteiger partial charge in [0.15, 0.2) is 0 Å². The van der Waals surface area contributed by atoms with Crippen LogP contribution in [0.1, 0.15) is 11.0 Å². The number of hydrogen-bond donors (Lipinski definition) is 0. The van der Waals surface area contributed by atoms with Gasteiger partial charge in [0.25, 0.3) is 0 Å². The summed E-state index contributed by atoms with van der Waals surface area (Å²) in [5.74, 6) is 0. The Labute approximate surface area is 336 Å². The molecule has 0 bridgehead atoms. The van der Waals surface area contributed by atoms with Gasteiger partial charge < -0.3 is 9.32 Å². The maximum Gasteiger partial charge on any atom is 0.137 e. The van der Waals surface area contributed by atoms with Crippen LogP contribution in [0.25, 0.3) is 87.6 Å². The maximum atomic E-state index is 9.66. The third-order valence-corrected chi connectivity index (χ3v) is 10.6. The van der Waals surface area contributed by atoms with Crippen LogP contribution in [0.5, 0.6) is 0 Å². The Morgan fingerprint density at radius 1 is 0.339 bits per heavy atom. The third-order valence-electron chi connectivity index (χ3n) is 10.6. The minimum atomic E-state index is -0.497. The fourth-order valence-corrected chi connectivity index (χ4v) is 7.97. The minimum Gasteiger partial charge on any atom is -0.456 e. The first-order chi connectivity index (χ1) is 31.1. The highest BCUT2D eigenvalue weighted by Crippen LogP contribution is 2.44. The first kappa shape index (κ1) is 24.8. The summed E-state index contributed by atoms with van der Waals surface area (Å²) in [6, 6.07) is 49.4. The van der Waals surface area contributed by atoms with Crippen molar-refractivity contribution >= 4 is 71.3 Å². The summed E-state index contributed by atoms with van der Waals surface area (Å²) in [5.41, 5.74) is 4.26. The van der Waals surface area contributed by atoms with Gasteiger partial charge in [0.05, 0.1) is 22.0 Å². The van der Waals surface area contributed by atoms with Crippen molar-refractivity contribution in [3.8, 4) is 33.4 Å². The topological polar surface area (TPSA) is 16.4 Å². The SMILES string of the molecule is [2H]c1c([2H])c(-c2cccc3ccccc23)c([2H])c([2H])c1-c1c([2H])c([2H])c(N(c2ccc(-c3cccc4c3ccc3ccccc34)cc2)c2cccc3oc4ccccc4c23)c([2H])c1[2H]. The molecule has 0 fully saturated rings. The van der Waals surface area contributed by atoms with Crippen LogP contribution >= 0.6 is 0 Å². The van der Waals surface area contributed by atoms with Gasteiger partial charge in [-0.15, -0.1) is 0 Å². The van der Waals surface area contributed by atoms with E-state index in [4.69, 9.17) is 4.42 Å². The highest BCUT2D eigenvalue weighted by Gasteiger charge is 2.20. The molecule has 0 radical (unpaired) electrons. The van der Waals surface area contributed by atoms with E-state index in [0.29, 0.717) is 33.5 Å². The molecule has 0 amide bonds. The number of furan rings is 1.